The van der Waals surface area contributed by atoms with Gasteiger partial charge in [-0.15, -0.1) is 0 Å². The van der Waals surface area contributed by atoms with Crippen molar-refractivity contribution in [2.45, 2.75) is 12.8 Å². The first-order chi connectivity index (χ1) is 12.7. The number of hydrogen-bond donors (Lipinski definition) is 2. The average Bonchev–Trinajstić information content (AvgIpc) is 2.72. The molecule has 136 valence electrons. The molecule has 3 rings (SSSR count). The normalized spacial score (nSPS) is 17.0. The molecule has 0 saturated carbocycles. The number of rotatable bonds is 5. The van der Waals surface area contributed by atoms with Gasteiger partial charge in [-0.1, -0.05) is 42.5 Å². The molecule has 1 fully saturated rings. The molecule has 1 heterocycles. The van der Waals surface area contributed by atoms with Gasteiger partial charge in [0.1, 0.15) is 0 Å². The van der Waals surface area contributed by atoms with Crippen LogP contribution in [0.5, 0.6) is 0 Å². The van der Waals surface area contributed by atoms with Crippen LogP contribution in [0.25, 0.3) is 11.1 Å². The number of likely N-dealkylation sites (tertiary alicyclic amines) is 1. The van der Waals surface area contributed by atoms with Crippen molar-refractivity contribution < 1.29 is 9.59 Å². The van der Waals surface area contributed by atoms with Gasteiger partial charge in [-0.2, -0.15) is 0 Å². The Bertz CT molecular complexity index is 744. The van der Waals surface area contributed by atoms with E-state index in [0.717, 1.165) is 24.0 Å². The standard InChI is InChI=1S/C21H25N3O2/c22-12-13-23-20(25)19-7-4-14-24(15-19)21(26)18-10-8-17(9-11-18)16-5-2-1-3-6-16/h1-3,5-6,8-11,19H,4,7,12-15,22H2,(H,23,25). The van der Waals surface area contributed by atoms with Crippen molar-refractivity contribution >= 4 is 11.8 Å². The summed E-state index contributed by atoms with van der Waals surface area (Å²) in [6, 6.07) is 17.7. The highest BCUT2D eigenvalue weighted by atomic mass is 16.2. The second-order valence-corrected chi connectivity index (χ2v) is 6.61. The van der Waals surface area contributed by atoms with Crippen molar-refractivity contribution in [3.63, 3.8) is 0 Å². The maximum absolute atomic E-state index is 12.8. The number of nitrogens with one attached hydrogen (secondary N) is 1. The van der Waals surface area contributed by atoms with Crippen LogP contribution in [0.15, 0.2) is 54.6 Å². The highest BCUT2D eigenvalue weighted by Gasteiger charge is 2.28. The van der Waals surface area contributed by atoms with Gasteiger partial charge in [0.15, 0.2) is 0 Å². The van der Waals surface area contributed by atoms with Gasteiger partial charge in [0, 0.05) is 31.7 Å². The molecule has 5 heteroatoms. The number of nitrogens with zero attached hydrogens (tertiary/aromatic N) is 1. The number of hydrogen-bond acceptors (Lipinski definition) is 3. The van der Waals surface area contributed by atoms with Gasteiger partial charge in [0.2, 0.25) is 5.91 Å². The molecule has 3 N–H and O–H groups in total. The van der Waals surface area contributed by atoms with E-state index in [1.54, 1.807) is 4.90 Å². The van der Waals surface area contributed by atoms with Gasteiger partial charge < -0.3 is 16.0 Å². The number of piperidine rings is 1. The number of nitrogens with two attached hydrogens (primary N) is 1. The Labute approximate surface area is 154 Å². The van der Waals surface area contributed by atoms with Crippen LogP contribution in [0.1, 0.15) is 23.2 Å². The lowest BCUT2D eigenvalue weighted by Crippen LogP contribution is -2.46. The summed E-state index contributed by atoms with van der Waals surface area (Å²) < 4.78 is 0. The fourth-order valence-electron chi connectivity index (χ4n) is 3.33. The van der Waals surface area contributed by atoms with Gasteiger partial charge in [-0.25, -0.2) is 0 Å². The van der Waals surface area contributed by atoms with Gasteiger partial charge in [-0.05, 0) is 36.1 Å². The molecule has 1 atom stereocenters. The molecule has 0 radical (unpaired) electrons. The van der Waals surface area contributed by atoms with E-state index in [0.29, 0.717) is 31.7 Å². The van der Waals surface area contributed by atoms with Gasteiger partial charge in [-0.3, -0.25) is 9.59 Å². The SMILES string of the molecule is NCCNC(=O)C1CCCN(C(=O)c2ccc(-c3ccccc3)cc2)C1. The lowest BCUT2D eigenvalue weighted by Gasteiger charge is -2.32. The van der Waals surface area contributed by atoms with E-state index in [1.807, 2.05) is 54.6 Å². The summed E-state index contributed by atoms with van der Waals surface area (Å²) in [6.07, 6.45) is 1.65. The van der Waals surface area contributed by atoms with Crippen LogP contribution < -0.4 is 11.1 Å². The third-order valence-electron chi connectivity index (χ3n) is 4.76. The monoisotopic (exact) mass is 351 g/mol. The van der Waals surface area contributed by atoms with E-state index in [-0.39, 0.29) is 17.7 Å². The molecule has 0 aromatic heterocycles. The first kappa shape index (κ1) is 18.1. The minimum atomic E-state index is -0.150. The van der Waals surface area contributed by atoms with E-state index in [9.17, 15) is 9.59 Å². The predicted octanol–water partition coefficient (Wildman–Crippen LogP) is 2.28. The van der Waals surface area contributed by atoms with Crippen molar-refractivity contribution in [3.05, 3.63) is 60.2 Å². The molecular weight excluding hydrogens is 326 g/mol. The highest BCUT2D eigenvalue weighted by Crippen LogP contribution is 2.22. The second kappa shape index (κ2) is 8.63. The Morgan fingerprint density at radius 3 is 2.42 bits per heavy atom. The van der Waals surface area contributed by atoms with Gasteiger partial charge in [0.25, 0.3) is 5.91 Å². The summed E-state index contributed by atoms with van der Waals surface area (Å²) in [4.78, 5) is 26.7. The van der Waals surface area contributed by atoms with Crippen molar-refractivity contribution in [2.24, 2.45) is 11.7 Å². The maximum atomic E-state index is 12.8. The first-order valence-corrected chi connectivity index (χ1v) is 9.11. The maximum Gasteiger partial charge on any atom is 0.253 e. The Morgan fingerprint density at radius 1 is 1.04 bits per heavy atom. The molecule has 0 aliphatic carbocycles. The third-order valence-corrected chi connectivity index (χ3v) is 4.76. The largest absolute Gasteiger partial charge is 0.355 e. The molecule has 1 aliphatic heterocycles. The van der Waals surface area contributed by atoms with Crippen LogP contribution in [0.4, 0.5) is 0 Å². The zero-order valence-corrected chi connectivity index (χ0v) is 14.9. The predicted molar refractivity (Wildman–Crippen MR) is 103 cm³/mol. The Kier molecular flexibility index (Phi) is 6.02. The molecule has 1 saturated heterocycles. The molecule has 2 aromatic carbocycles. The summed E-state index contributed by atoms with van der Waals surface area (Å²) in [7, 11) is 0. The summed E-state index contributed by atoms with van der Waals surface area (Å²) in [5.74, 6) is -0.170. The zero-order valence-electron chi connectivity index (χ0n) is 14.9. The molecule has 26 heavy (non-hydrogen) atoms. The lowest BCUT2D eigenvalue weighted by atomic mass is 9.96. The van der Waals surface area contributed by atoms with Crippen LogP contribution in [-0.4, -0.2) is 42.9 Å². The summed E-state index contributed by atoms with van der Waals surface area (Å²) in [5, 5.41) is 2.83. The average molecular weight is 351 g/mol. The molecule has 2 aromatic rings. The highest BCUT2D eigenvalue weighted by molar-refractivity contribution is 5.95. The van der Waals surface area contributed by atoms with Gasteiger partial charge in [0.05, 0.1) is 5.92 Å². The van der Waals surface area contributed by atoms with Crippen LogP contribution in [0.2, 0.25) is 0 Å². The molecule has 2 amide bonds. The number of carbonyl (C=O) groups excluding carboxylic acids is 2. The Morgan fingerprint density at radius 2 is 1.73 bits per heavy atom. The van der Waals surface area contributed by atoms with E-state index in [4.69, 9.17) is 5.73 Å². The van der Waals surface area contributed by atoms with Crippen LogP contribution in [-0.2, 0) is 4.79 Å². The van der Waals surface area contributed by atoms with Crippen LogP contribution >= 0.6 is 0 Å². The van der Waals surface area contributed by atoms with Crippen molar-refractivity contribution in [1.29, 1.82) is 0 Å². The molecular formula is C21H25N3O2. The fraction of sp³-hybridized carbons (Fsp3) is 0.333. The quantitative estimate of drug-likeness (QED) is 0.868. The molecule has 0 spiro atoms. The van der Waals surface area contributed by atoms with Gasteiger partial charge >= 0.3 is 0 Å². The van der Waals surface area contributed by atoms with E-state index < -0.39 is 0 Å². The number of benzene rings is 2. The smallest absolute Gasteiger partial charge is 0.253 e. The topological polar surface area (TPSA) is 75.4 Å². The minimum Gasteiger partial charge on any atom is -0.355 e. The second-order valence-electron chi connectivity index (χ2n) is 6.61. The summed E-state index contributed by atoms with van der Waals surface area (Å²) in [6.45, 7) is 2.06. The molecule has 0 bridgehead atoms. The van der Waals surface area contributed by atoms with E-state index in [2.05, 4.69) is 5.32 Å². The Balaban J connectivity index is 1.66. The third kappa shape index (κ3) is 4.29. The van der Waals surface area contributed by atoms with Crippen molar-refractivity contribution in [1.82, 2.24) is 10.2 Å². The number of amides is 2. The van der Waals surface area contributed by atoms with Crippen molar-refractivity contribution in [3.8, 4) is 11.1 Å². The zero-order chi connectivity index (χ0) is 18.4. The van der Waals surface area contributed by atoms with Crippen LogP contribution in [0, 0.1) is 5.92 Å². The van der Waals surface area contributed by atoms with Crippen LogP contribution in [0.3, 0.4) is 0 Å². The molecule has 5 nitrogen and oxygen atoms in total. The van der Waals surface area contributed by atoms with Crippen molar-refractivity contribution in [2.75, 3.05) is 26.2 Å². The lowest BCUT2D eigenvalue weighted by molar-refractivity contribution is -0.126. The Hall–Kier alpha value is -2.66. The van der Waals surface area contributed by atoms with E-state index in [1.165, 1.54) is 0 Å². The fourth-order valence-corrected chi connectivity index (χ4v) is 3.33. The number of carbonyl (C=O) groups is 2. The first-order valence-electron chi connectivity index (χ1n) is 9.11. The summed E-state index contributed by atoms with van der Waals surface area (Å²) >= 11 is 0. The molecule has 1 aliphatic rings. The molecule has 1 unspecified atom stereocenters. The van der Waals surface area contributed by atoms with E-state index >= 15 is 0 Å². The summed E-state index contributed by atoms with van der Waals surface area (Å²) in [5.41, 5.74) is 8.30. The minimum absolute atomic E-state index is 0.00706.